The van der Waals surface area contributed by atoms with E-state index >= 15 is 0 Å². The number of nitrogens with one attached hydrogen (secondary N) is 1. The lowest BCUT2D eigenvalue weighted by Crippen LogP contribution is -2.31. The maximum atomic E-state index is 13.8. The Bertz CT molecular complexity index is 494. The highest BCUT2D eigenvalue weighted by atomic mass is 79.9. The van der Waals surface area contributed by atoms with E-state index in [4.69, 9.17) is 0 Å². The molecule has 0 spiro atoms. The van der Waals surface area contributed by atoms with E-state index in [2.05, 4.69) is 21.2 Å². The number of halogens is 2. The van der Waals surface area contributed by atoms with Crippen molar-refractivity contribution in [2.24, 2.45) is 5.92 Å². The molecule has 4 heteroatoms. The molecule has 0 heterocycles. The third-order valence-electron chi connectivity index (χ3n) is 4.69. The molecule has 2 aliphatic carbocycles. The zero-order chi connectivity index (χ0) is 14.1. The van der Waals surface area contributed by atoms with Crippen molar-refractivity contribution >= 4 is 15.9 Å². The van der Waals surface area contributed by atoms with Crippen LogP contribution in [0.4, 0.5) is 4.39 Å². The van der Waals surface area contributed by atoms with Crippen LogP contribution in [0, 0.1) is 11.7 Å². The van der Waals surface area contributed by atoms with Crippen molar-refractivity contribution in [1.29, 1.82) is 0 Å². The largest absolute Gasteiger partial charge is 0.393 e. The first kappa shape index (κ1) is 14.5. The molecule has 0 aromatic heterocycles. The highest BCUT2D eigenvalue weighted by Gasteiger charge is 2.28. The van der Waals surface area contributed by atoms with Crippen LogP contribution in [-0.4, -0.2) is 17.8 Å². The lowest BCUT2D eigenvalue weighted by atomic mass is 9.87. The monoisotopic (exact) mass is 341 g/mol. The second-order valence-electron chi connectivity index (χ2n) is 6.11. The molecule has 1 aromatic rings. The molecule has 110 valence electrons. The van der Waals surface area contributed by atoms with Gasteiger partial charge >= 0.3 is 0 Å². The van der Waals surface area contributed by atoms with Crippen LogP contribution in [-0.2, 0) is 6.42 Å². The van der Waals surface area contributed by atoms with Gasteiger partial charge in [0.05, 0.1) is 6.10 Å². The fourth-order valence-corrected chi connectivity index (χ4v) is 4.28. The van der Waals surface area contributed by atoms with E-state index < -0.39 is 0 Å². The first-order valence-corrected chi connectivity index (χ1v) is 8.32. The highest BCUT2D eigenvalue weighted by Crippen LogP contribution is 2.38. The molecule has 1 saturated carbocycles. The van der Waals surface area contributed by atoms with Crippen LogP contribution in [0.25, 0.3) is 0 Å². The van der Waals surface area contributed by atoms with Gasteiger partial charge in [0.25, 0.3) is 0 Å². The molecule has 1 aromatic carbocycles. The van der Waals surface area contributed by atoms with Gasteiger partial charge in [-0.05, 0) is 67.8 Å². The number of aliphatic hydroxyl groups is 1. The highest BCUT2D eigenvalue weighted by molar-refractivity contribution is 9.10. The minimum Gasteiger partial charge on any atom is -0.393 e. The van der Waals surface area contributed by atoms with Gasteiger partial charge in [0, 0.05) is 10.5 Å². The van der Waals surface area contributed by atoms with E-state index in [1.165, 1.54) is 6.42 Å². The number of hydrogen-bond donors (Lipinski definition) is 2. The maximum absolute atomic E-state index is 13.8. The van der Waals surface area contributed by atoms with Crippen LogP contribution in [0.5, 0.6) is 0 Å². The van der Waals surface area contributed by atoms with Crippen LogP contribution in [0.3, 0.4) is 0 Å². The van der Waals surface area contributed by atoms with Gasteiger partial charge in [0.15, 0.2) is 0 Å². The molecule has 0 bridgehead atoms. The molecule has 0 radical (unpaired) electrons. The fraction of sp³-hybridized carbons (Fsp3) is 0.625. The van der Waals surface area contributed by atoms with Crippen molar-refractivity contribution in [3.05, 3.63) is 33.5 Å². The van der Waals surface area contributed by atoms with E-state index in [1.54, 1.807) is 12.1 Å². The summed E-state index contributed by atoms with van der Waals surface area (Å²) in [6, 6.07) is 3.59. The molecule has 2 aliphatic rings. The maximum Gasteiger partial charge on any atom is 0.126 e. The number of hydrogen-bond acceptors (Lipinski definition) is 2. The fourth-order valence-electron chi connectivity index (χ4n) is 3.63. The minimum absolute atomic E-state index is 0.0828. The predicted octanol–water partition coefficient (Wildman–Crippen LogP) is 3.72. The Kier molecular flexibility index (Phi) is 4.43. The molecule has 20 heavy (non-hydrogen) atoms. The Hall–Kier alpha value is -0.450. The lowest BCUT2D eigenvalue weighted by Gasteiger charge is -2.27. The number of rotatable bonds is 3. The van der Waals surface area contributed by atoms with Gasteiger partial charge < -0.3 is 10.4 Å². The van der Waals surface area contributed by atoms with Crippen LogP contribution in [0.2, 0.25) is 0 Å². The molecule has 0 amide bonds. The van der Waals surface area contributed by atoms with Crippen molar-refractivity contribution in [1.82, 2.24) is 5.32 Å². The van der Waals surface area contributed by atoms with Crippen LogP contribution in [0.1, 0.15) is 49.3 Å². The molecule has 3 rings (SSSR count). The summed E-state index contributed by atoms with van der Waals surface area (Å²) >= 11 is 3.55. The van der Waals surface area contributed by atoms with E-state index in [9.17, 15) is 9.50 Å². The number of fused-ring (bicyclic) bond motifs is 1. The lowest BCUT2D eigenvalue weighted by molar-refractivity contribution is 0.0996. The van der Waals surface area contributed by atoms with Gasteiger partial charge in [-0.3, -0.25) is 0 Å². The first-order chi connectivity index (χ1) is 9.65. The van der Waals surface area contributed by atoms with Crippen LogP contribution < -0.4 is 5.32 Å². The van der Waals surface area contributed by atoms with Crippen molar-refractivity contribution in [2.45, 2.75) is 50.7 Å². The van der Waals surface area contributed by atoms with Crippen molar-refractivity contribution in [3.63, 3.8) is 0 Å². The second kappa shape index (κ2) is 6.12. The van der Waals surface area contributed by atoms with E-state index in [1.807, 2.05) is 0 Å². The summed E-state index contributed by atoms with van der Waals surface area (Å²) in [7, 11) is 0. The second-order valence-corrected chi connectivity index (χ2v) is 6.96. The Morgan fingerprint density at radius 2 is 2.15 bits per heavy atom. The smallest absolute Gasteiger partial charge is 0.126 e. The van der Waals surface area contributed by atoms with E-state index in [-0.39, 0.29) is 18.0 Å². The molecule has 0 aliphatic heterocycles. The van der Waals surface area contributed by atoms with E-state index in [0.717, 1.165) is 54.2 Å². The topological polar surface area (TPSA) is 32.3 Å². The number of benzene rings is 1. The minimum atomic E-state index is -0.129. The van der Waals surface area contributed by atoms with Gasteiger partial charge in [-0.25, -0.2) is 4.39 Å². The molecule has 2 N–H and O–H groups in total. The summed E-state index contributed by atoms with van der Waals surface area (Å²) in [4.78, 5) is 0. The van der Waals surface area contributed by atoms with Gasteiger partial charge in [-0.15, -0.1) is 0 Å². The Balaban J connectivity index is 1.65. The Labute approximate surface area is 127 Å². The summed E-state index contributed by atoms with van der Waals surface area (Å²) in [6.07, 6.45) is 5.79. The normalized spacial score (nSPS) is 29.4. The summed E-state index contributed by atoms with van der Waals surface area (Å²) in [6.45, 7) is 0.921. The molecule has 0 saturated heterocycles. The molecule has 2 nitrogen and oxygen atoms in total. The van der Waals surface area contributed by atoms with Gasteiger partial charge in [0.1, 0.15) is 5.82 Å². The van der Waals surface area contributed by atoms with Gasteiger partial charge in [-0.1, -0.05) is 22.4 Å². The standard InChI is InChI=1S/C16H21BrFNO/c17-13-5-6-14(18)12-4-7-15(16(12)13)19-9-10-2-1-3-11(20)8-10/h5-6,10-11,15,19-20H,1-4,7-9H2. The summed E-state index contributed by atoms with van der Waals surface area (Å²) in [5, 5.41) is 13.3. The van der Waals surface area contributed by atoms with Gasteiger partial charge in [-0.2, -0.15) is 0 Å². The zero-order valence-corrected chi connectivity index (χ0v) is 13.1. The molecular formula is C16H21BrFNO. The third-order valence-corrected chi connectivity index (χ3v) is 5.38. The van der Waals surface area contributed by atoms with Crippen molar-refractivity contribution < 1.29 is 9.50 Å². The zero-order valence-electron chi connectivity index (χ0n) is 11.5. The van der Waals surface area contributed by atoms with E-state index in [0.29, 0.717) is 5.92 Å². The summed E-state index contributed by atoms with van der Waals surface area (Å²) in [5.74, 6) is 0.468. The summed E-state index contributed by atoms with van der Waals surface area (Å²) in [5.41, 5.74) is 1.96. The average Bonchev–Trinajstić information content (AvgIpc) is 2.86. The third kappa shape index (κ3) is 2.92. The first-order valence-electron chi connectivity index (χ1n) is 7.53. The molecule has 3 unspecified atom stereocenters. The van der Waals surface area contributed by atoms with Crippen molar-refractivity contribution in [2.75, 3.05) is 6.54 Å². The molecule has 3 atom stereocenters. The summed E-state index contributed by atoms with van der Waals surface area (Å²) < 4.78 is 14.8. The number of aliphatic hydroxyl groups excluding tert-OH is 1. The molecular weight excluding hydrogens is 321 g/mol. The van der Waals surface area contributed by atoms with Crippen LogP contribution in [0.15, 0.2) is 16.6 Å². The molecule has 1 fully saturated rings. The van der Waals surface area contributed by atoms with Crippen LogP contribution >= 0.6 is 15.9 Å². The predicted molar refractivity (Wildman–Crippen MR) is 81.1 cm³/mol. The average molecular weight is 342 g/mol. The quantitative estimate of drug-likeness (QED) is 0.878. The SMILES string of the molecule is OC1CCCC(CNC2CCc3c(F)ccc(Br)c32)C1. The Morgan fingerprint density at radius 1 is 1.30 bits per heavy atom. The van der Waals surface area contributed by atoms with Gasteiger partial charge in [0.2, 0.25) is 0 Å². The van der Waals surface area contributed by atoms with Crippen molar-refractivity contribution in [3.8, 4) is 0 Å². The Morgan fingerprint density at radius 3 is 2.95 bits per heavy atom.